The molecule has 0 bridgehead atoms. The van der Waals surface area contributed by atoms with Crippen molar-refractivity contribution in [2.75, 3.05) is 39.4 Å². The Morgan fingerprint density at radius 2 is 2.09 bits per heavy atom. The maximum atomic E-state index is 12.1. The number of halogens is 2. The van der Waals surface area contributed by atoms with Crippen molar-refractivity contribution >= 4 is 29.1 Å². The normalized spacial score (nSPS) is 18.7. The van der Waals surface area contributed by atoms with Gasteiger partial charge in [0.15, 0.2) is 0 Å². The zero-order valence-corrected chi connectivity index (χ0v) is 14.0. The Hall–Kier alpha value is -0.850. The van der Waals surface area contributed by atoms with Crippen molar-refractivity contribution in [3.8, 4) is 0 Å². The second kappa shape index (κ2) is 7.62. The Balaban J connectivity index is 1.88. The zero-order valence-electron chi connectivity index (χ0n) is 12.4. The van der Waals surface area contributed by atoms with Crippen LogP contribution in [0.15, 0.2) is 18.2 Å². The molecule has 1 fully saturated rings. The van der Waals surface area contributed by atoms with Crippen LogP contribution in [0, 0.1) is 0 Å². The number of hydrogen-bond acceptors (Lipinski definition) is 4. The van der Waals surface area contributed by atoms with E-state index < -0.39 is 5.60 Å². The lowest BCUT2D eigenvalue weighted by Gasteiger charge is -2.33. The molecular weight excluding hydrogens is 327 g/mol. The van der Waals surface area contributed by atoms with Crippen molar-refractivity contribution in [3.05, 3.63) is 33.8 Å². The Morgan fingerprint density at radius 1 is 1.41 bits per heavy atom. The number of amides is 1. The van der Waals surface area contributed by atoms with Gasteiger partial charge in [0, 0.05) is 31.2 Å². The third-order valence-corrected chi connectivity index (χ3v) is 4.02. The molecule has 1 saturated heterocycles. The standard InChI is InChI=1S/C15H20Cl2N2O3/c1-15(21,10-19-4-6-22-7-5-19)9-18-14(20)12-3-2-11(16)8-13(12)17/h2-3,8,21H,4-7,9-10H2,1H3,(H,18,20)/t15-/m1/s1. The molecule has 1 heterocycles. The SMILES string of the molecule is C[C@@](O)(CNC(=O)c1ccc(Cl)cc1Cl)CN1CCOCC1. The summed E-state index contributed by atoms with van der Waals surface area (Å²) in [6.45, 7) is 5.23. The lowest BCUT2D eigenvalue weighted by Crippen LogP contribution is -2.51. The van der Waals surface area contributed by atoms with Gasteiger partial charge in [0.1, 0.15) is 0 Å². The smallest absolute Gasteiger partial charge is 0.252 e. The molecule has 122 valence electrons. The second-order valence-corrected chi connectivity index (χ2v) is 6.54. The molecule has 0 radical (unpaired) electrons. The van der Waals surface area contributed by atoms with Crippen molar-refractivity contribution < 1.29 is 14.6 Å². The molecule has 1 aromatic carbocycles. The van der Waals surface area contributed by atoms with Gasteiger partial charge in [-0.1, -0.05) is 23.2 Å². The van der Waals surface area contributed by atoms with E-state index in [1.807, 2.05) is 0 Å². The molecule has 7 heteroatoms. The van der Waals surface area contributed by atoms with Crippen LogP contribution in [0.1, 0.15) is 17.3 Å². The van der Waals surface area contributed by atoms with Crippen molar-refractivity contribution in [2.24, 2.45) is 0 Å². The molecule has 0 saturated carbocycles. The van der Waals surface area contributed by atoms with Crippen molar-refractivity contribution in [1.29, 1.82) is 0 Å². The minimum absolute atomic E-state index is 0.141. The minimum atomic E-state index is -1.02. The highest BCUT2D eigenvalue weighted by molar-refractivity contribution is 6.36. The van der Waals surface area contributed by atoms with Crippen molar-refractivity contribution in [2.45, 2.75) is 12.5 Å². The van der Waals surface area contributed by atoms with E-state index in [0.717, 1.165) is 13.1 Å². The van der Waals surface area contributed by atoms with Crippen LogP contribution in [-0.4, -0.2) is 60.9 Å². The van der Waals surface area contributed by atoms with Crippen molar-refractivity contribution in [1.82, 2.24) is 10.2 Å². The molecule has 0 unspecified atom stereocenters. The van der Waals surface area contributed by atoms with E-state index in [4.69, 9.17) is 27.9 Å². The first kappa shape index (κ1) is 17.5. The maximum Gasteiger partial charge on any atom is 0.252 e. The van der Waals surface area contributed by atoms with Crippen LogP contribution in [0.5, 0.6) is 0 Å². The molecule has 22 heavy (non-hydrogen) atoms. The van der Waals surface area contributed by atoms with E-state index in [9.17, 15) is 9.90 Å². The average Bonchev–Trinajstić information content (AvgIpc) is 2.45. The lowest BCUT2D eigenvalue weighted by atomic mass is 10.1. The summed E-state index contributed by atoms with van der Waals surface area (Å²) in [6.07, 6.45) is 0. The number of benzene rings is 1. The van der Waals surface area contributed by atoms with Crippen LogP contribution >= 0.6 is 23.2 Å². The van der Waals surface area contributed by atoms with E-state index in [-0.39, 0.29) is 17.5 Å². The quantitative estimate of drug-likeness (QED) is 0.853. The predicted molar refractivity (Wildman–Crippen MR) is 86.7 cm³/mol. The van der Waals surface area contributed by atoms with Gasteiger partial charge in [-0.2, -0.15) is 0 Å². The molecule has 1 aliphatic heterocycles. The van der Waals surface area contributed by atoms with E-state index >= 15 is 0 Å². The molecule has 0 spiro atoms. The number of morpholine rings is 1. The average molecular weight is 347 g/mol. The maximum absolute atomic E-state index is 12.1. The predicted octanol–water partition coefficient (Wildman–Crippen LogP) is 1.81. The Bertz CT molecular complexity index is 532. The summed E-state index contributed by atoms with van der Waals surface area (Å²) in [5, 5.41) is 13.9. The molecule has 5 nitrogen and oxygen atoms in total. The summed E-state index contributed by atoms with van der Waals surface area (Å²) in [7, 11) is 0. The Morgan fingerprint density at radius 3 is 2.73 bits per heavy atom. The van der Waals surface area contributed by atoms with E-state index in [1.165, 1.54) is 6.07 Å². The highest BCUT2D eigenvalue weighted by atomic mass is 35.5. The largest absolute Gasteiger partial charge is 0.387 e. The number of hydrogen-bond donors (Lipinski definition) is 2. The first-order chi connectivity index (χ1) is 10.4. The van der Waals surface area contributed by atoms with Crippen LogP contribution in [0.3, 0.4) is 0 Å². The molecule has 2 N–H and O–H groups in total. The molecule has 1 aromatic rings. The highest BCUT2D eigenvalue weighted by Crippen LogP contribution is 2.21. The number of aliphatic hydroxyl groups is 1. The molecular formula is C15H20Cl2N2O3. The minimum Gasteiger partial charge on any atom is -0.387 e. The zero-order chi connectivity index (χ0) is 16.2. The molecule has 2 rings (SSSR count). The second-order valence-electron chi connectivity index (χ2n) is 5.69. The van der Waals surface area contributed by atoms with E-state index in [0.29, 0.717) is 30.3 Å². The fourth-order valence-corrected chi connectivity index (χ4v) is 2.83. The summed E-state index contributed by atoms with van der Waals surface area (Å²) in [6, 6.07) is 4.69. The van der Waals surface area contributed by atoms with Gasteiger partial charge in [-0.3, -0.25) is 9.69 Å². The molecule has 0 aromatic heterocycles. The number of β-amino-alcohol motifs (C(OH)–C–C–N with tert-alkyl or cyclic N) is 1. The summed E-state index contributed by atoms with van der Waals surface area (Å²) in [5.41, 5.74) is -0.681. The number of nitrogens with one attached hydrogen (secondary N) is 1. The number of rotatable bonds is 5. The summed E-state index contributed by atoms with van der Waals surface area (Å²) < 4.78 is 5.27. The van der Waals surface area contributed by atoms with Crippen LogP contribution in [0.25, 0.3) is 0 Å². The van der Waals surface area contributed by atoms with E-state index in [2.05, 4.69) is 10.2 Å². The number of nitrogens with zero attached hydrogens (tertiary/aromatic N) is 1. The monoisotopic (exact) mass is 346 g/mol. The third kappa shape index (κ3) is 5.11. The van der Waals surface area contributed by atoms with E-state index in [1.54, 1.807) is 19.1 Å². The highest BCUT2D eigenvalue weighted by Gasteiger charge is 2.26. The first-order valence-corrected chi connectivity index (χ1v) is 7.89. The molecule has 1 atom stereocenters. The Labute approximate surface area is 140 Å². The fourth-order valence-electron chi connectivity index (χ4n) is 2.34. The van der Waals surface area contributed by atoms with Gasteiger partial charge in [-0.25, -0.2) is 0 Å². The van der Waals surface area contributed by atoms with Gasteiger partial charge in [0.05, 0.1) is 29.4 Å². The Kier molecular flexibility index (Phi) is 6.06. The summed E-state index contributed by atoms with van der Waals surface area (Å²) in [5.74, 6) is -0.330. The van der Waals surface area contributed by atoms with Crippen LogP contribution in [0.4, 0.5) is 0 Å². The van der Waals surface area contributed by atoms with Crippen LogP contribution in [0.2, 0.25) is 10.0 Å². The summed E-state index contributed by atoms with van der Waals surface area (Å²) in [4.78, 5) is 14.2. The third-order valence-electron chi connectivity index (χ3n) is 3.47. The molecule has 0 aliphatic carbocycles. The number of carbonyl (C=O) groups excluding carboxylic acids is 1. The molecule has 1 aliphatic rings. The number of ether oxygens (including phenoxy) is 1. The topological polar surface area (TPSA) is 61.8 Å². The number of carbonyl (C=O) groups is 1. The lowest BCUT2D eigenvalue weighted by molar-refractivity contribution is -0.0213. The van der Waals surface area contributed by atoms with Gasteiger partial charge >= 0.3 is 0 Å². The molecule has 1 amide bonds. The fraction of sp³-hybridized carbons (Fsp3) is 0.533. The van der Waals surface area contributed by atoms with Gasteiger partial charge in [0.2, 0.25) is 0 Å². The van der Waals surface area contributed by atoms with Crippen LogP contribution < -0.4 is 5.32 Å². The van der Waals surface area contributed by atoms with Gasteiger partial charge < -0.3 is 15.2 Å². The van der Waals surface area contributed by atoms with Crippen molar-refractivity contribution in [3.63, 3.8) is 0 Å². The van der Waals surface area contributed by atoms with Crippen LogP contribution in [-0.2, 0) is 4.74 Å². The van der Waals surface area contributed by atoms with Gasteiger partial charge in [-0.15, -0.1) is 0 Å². The first-order valence-electron chi connectivity index (χ1n) is 7.13. The van der Waals surface area contributed by atoms with Gasteiger partial charge in [-0.05, 0) is 25.1 Å². The van der Waals surface area contributed by atoms with Gasteiger partial charge in [0.25, 0.3) is 5.91 Å². The summed E-state index contributed by atoms with van der Waals surface area (Å²) >= 11 is 11.8.